The molecule has 2 aromatic rings. The predicted octanol–water partition coefficient (Wildman–Crippen LogP) is 3.25. The third-order valence-corrected chi connectivity index (χ3v) is 8.65. The van der Waals surface area contributed by atoms with E-state index >= 15 is 0 Å². The average molecular weight is 432 g/mol. The first-order chi connectivity index (χ1) is 15.7. The van der Waals surface area contributed by atoms with E-state index in [9.17, 15) is 0 Å². The molecule has 0 amide bonds. The third kappa shape index (κ3) is 3.64. The first-order valence-electron chi connectivity index (χ1n) is 12.6. The number of pyridine rings is 1. The zero-order chi connectivity index (χ0) is 21.7. The summed E-state index contributed by atoms with van der Waals surface area (Å²) in [5, 5.41) is 3.85. The van der Waals surface area contributed by atoms with Gasteiger partial charge in [-0.15, -0.1) is 0 Å². The van der Waals surface area contributed by atoms with Gasteiger partial charge in [-0.05, 0) is 87.5 Å². The van der Waals surface area contributed by atoms with E-state index in [1.54, 1.807) is 5.56 Å². The molecule has 1 aromatic carbocycles. The smallest absolute Gasteiger partial charge is 0.0607 e. The van der Waals surface area contributed by atoms with Crippen molar-refractivity contribution in [3.8, 4) is 0 Å². The van der Waals surface area contributed by atoms with E-state index in [1.165, 1.54) is 67.8 Å². The number of hydrogen-bond acceptors (Lipinski definition) is 5. The van der Waals surface area contributed by atoms with Gasteiger partial charge < -0.3 is 15.1 Å². The van der Waals surface area contributed by atoms with Crippen molar-refractivity contribution in [3.63, 3.8) is 0 Å². The Morgan fingerprint density at radius 2 is 2.03 bits per heavy atom. The maximum Gasteiger partial charge on any atom is 0.0607 e. The van der Waals surface area contributed by atoms with Crippen LogP contribution in [0.25, 0.3) is 0 Å². The van der Waals surface area contributed by atoms with Gasteiger partial charge in [-0.1, -0.05) is 18.2 Å². The zero-order valence-electron chi connectivity index (χ0n) is 19.6. The van der Waals surface area contributed by atoms with Crippen molar-refractivity contribution in [3.05, 3.63) is 58.9 Å². The Hall–Kier alpha value is -1.95. The standard InChI is InChI=1S/C27H37N5/c1-30-13-11-21-16-32(18-26(21)30)24-9-4-7-20-15-29-22(14-23(20)24)17-31(2)25-10-3-6-19-8-5-12-28-27(19)25/h4-5,7-9,12,21-22,25-26,29H,3,6,10-11,13-18H2,1-2H3/t21-,22-,25+,26-/m1/s1. The van der Waals surface area contributed by atoms with Gasteiger partial charge in [-0.25, -0.2) is 0 Å². The number of fused-ring (bicyclic) bond motifs is 3. The van der Waals surface area contributed by atoms with Gasteiger partial charge in [0.1, 0.15) is 0 Å². The Balaban J connectivity index is 1.18. The molecule has 4 heterocycles. The topological polar surface area (TPSA) is 34.6 Å². The minimum absolute atomic E-state index is 0.451. The molecule has 0 unspecified atom stereocenters. The molecule has 0 saturated carbocycles. The summed E-state index contributed by atoms with van der Waals surface area (Å²) in [6.07, 6.45) is 8.12. The van der Waals surface area contributed by atoms with Crippen LogP contribution < -0.4 is 10.2 Å². The highest BCUT2D eigenvalue weighted by atomic mass is 15.3. The molecular weight excluding hydrogens is 394 g/mol. The van der Waals surface area contributed by atoms with Gasteiger partial charge in [0, 0.05) is 50.1 Å². The molecule has 2 fully saturated rings. The van der Waals surface area contributed by atoms with Crippen LogP contribution in [-0.2, 0) is 19.4 Å². The van der Waals surface area contributed by atoms with Gasteiger partial charge in [-0.3, -0.25) is 9.88 Å². The lowest BCUT2D eigenvalue weighted by atomic mass is 9.89. The minimum Gasteiger partial charge on any atom is -0.369 e. The molecule has 1 aromatic heterocycles. The van der Waals surface area contributed by atoms with Crippen LogP contribution in [0.4, 0.5) is 5.69 Å². The second-order valence-corrected chi connectivity index (χ2v) is 10.6. The van der Waals surface area contributed by atoms with Gasteiger partial charge in [0.2, 0.25) is 0 Å². The van der Waals surface area contributed by atoms with Crippen LogP contribution in [0, 0.1) is 5.92 Å². The molecule has 0 spiro atoms. The molecule has 3 aliphatic heterocycles. The molecule has 1 aliphatic carbocycles. The van der Waals surface area contributed by atoms with Crippen LogP contribution in [0.15, 0.2) is 36.5 Å². The summed E-state index contributed by atoms with van der Waals surface area (Å²) in [7, 11) is 4.61. The maximum atomic E-state index is 4.78. The second-order valence-electron chi connectivity index (χ2n) is 10.6. The van der Waals surface area contributed by atoms with E-state index in [0.29, 0.717) is 12.1 Å². The monoisotopic (exact) mass is 431 g/mol. The molecule has 6 rings (SSSR count). The lowest BCUT2D eigenvalue weighted by Crippen LogP contribution is -2.45. The Morgan fingerprint density at radius 3 is 2.94 bits per heavy atom. The van der Waals surface area contributed by atoms with Crippen LogP contribution in [0.5, 0.6) is 0 Å². The summed E-state index contributed by atoms with van der Waals surface area (Å²) in [6.45, 7) is 5.76. The summed E-state index contributed by atoms with van der Waals surface area (Å²) in [6, 6.07) is 13.0. The lowest BCUT2D eigenvalue weighted by Gasteiger charge is -2.37. The summed E-state index contributed by atoms with van der Waals surface area (Å²) >= 11 is 0. The molecule has 5 nitrogen and oxygen atoms in total. The molecule has 170 valence electrons. The maximum absolute atomic E-state index is 4.78. The Labute approximate surface area is 192 Å². The molecular formula is C27H37N5. The number of nitrogens with one attached hydrogen (secondary N) is 1. The van der Waals surface area contributed by atoms with E-state index in [0.717, 1.165) is 31.5 Å². The number of hydrogen-bond donors (Lipinski definition) is 1. The van der Waals surface area contributed by atoms with Gasteiger partial charge in [0.15, 0.2) is 0 Å². The Bertz CT molecular complexity index is 974. The largest absolute Gasteiger partial charge is 0.369 e. The first-order valence-corrected chi connectivity index (χ1v) is 12.6. The van der Waals surface area contributed by atoms with Crippen molar-refractivity contribution in [1.29, 1.82) is 0 Å². The van der Waals surface area contributed by atoms with Gasteiger partial charge in [0.25, 0.3) is 0 Å². The molecule has 32 heavy (non-hydrogen) atoms. The number of anilines is 1. The van der Waals surface area contributed by atoms with Crippen LogP contribution in [0.2, 0.25) is 0 Å². The fourth-order valence-electron chi connectivity index (χ4n) is 6.88. The number of benzene rings is 1. The summed E-state index contributed by atoms with van der Waals surface area (Å²) in [5.74, 6) is 0.846. The number of aryl methyl sites for hydroxylation is 1. The Morgan fingerprint density at radius 1 is 1.12 bits per heavy atom. The van der Waals surface area contributed by atoms with Crippen molar-refractivity contribution in [1.82, 2.24) is 20.1 Å². The quantitative estimate of drug-likeness (QED) is 0.804. The fraction of sp³-hybridized carbons (Fsp3) is 0.593. The number of nitrogens with zero attached hydrogens (tertiary/aromatic N) is 4. The molecule has 5 heteroatoms. The summed E-state index contributed by atoms with van der Waals surface area (Å²) in [4.78, 5) is 12.6. The predicted molar refractivity (Wildman–Crippen MR) is 130 cm³/mol. The molecule has 0 bridgehead atoms. The average Bonchev–Trinajstić information content (AvgIpc) is 3.40. The molecule has 2 saturated heterocycles. The van der Waals surface area contributed by atoms with Crippen molar-refractivity contribution in [2.75, 3.05) is 45.2 Å². The summed E-state index contributed by atoms with van der Waals surface area (Å²) < 4.78 is 0. The number of likely N-dealkylation sites (N-methyl/N-ethyl adjacent to an activating group) is 2. The van der Waals surface area contributed by atoms with Gasteiger partial charge >= 0.3 is 0 Å². The highest BCUT2D eigenvalue weighted by Gasteiger charge is 2.40. The van der Waals surface area contributed by atoms with Crippen molar-refractivity contribution >= 4 is 5.69 Å². The van der Waals surface area contributed by atoms with Crippen molar-refractivity contribution in [2.45, 2.75) is 56.8 Å². The number of rotatable bonds is 4. The lowest BCUT2D eigenvalue weighted by molar-refractivity contribution is 0.191. The highest BCUT2D eigenvalue weighted by Crippen LogP contribution is 2.37. The molecule has 4 aliphatic rings. The van der Waals surface area contributed by atoms with Crippen LogP contribution in [-0.4, -0.2) is 67.1 Å². The SMILES string of the molecule is CN1CC[C@@H]2CN(c3cccc4c3C[C@H](CN(C)[C@H]3CCCc5cccnc53)NC4)C[C@H]21. The van der Waals surface area contributed by atoms with Crippen LogP contribution in [0.1, 0.15) is 47.7 Å². The Kier molecular flexibility index (Phi) is 5.44. The first kappa shape index (κ1) is 20.6. The number of likely N-dealkylation sites (tertiary alicyclic amines) is 1. The van der Waals surface area contributed by atoms with E-state index in [1.807, 2.05) is 6.20 Å². The molecule has 4 atom stereocenters. The number of aromatic nitrogens is 1. The van der Waals surface area contributed by atoms with E-state index in [4.69, 9.17) is 4.98 Å². The second kappa shape index (κ2) is 8.44. The van der Waals surface area contributed by atoms with Crippen molar-refractivity contribution in [2.24, 2.45) is 5.92 Å². The fourth-order valence-corrected chi connectivity index (χ4v) is 6.88. The van der Waals surface area contributed by atoms with Gasteiger partial charge in [-0.2, -0.15) is 0 Å². The molecule has 1 N–H and O–H groups in total. The van der Waals surface area contributed by atoms with Crippen LogP contribution >= 0.6 is 0 Å². The van der Waals surface area contributed by atoms with Gasteiger partial charge in [0.05, 0.1) is 11.7 Å². The summed E-state index contributed by atoms with van der Waals surface area (Å²) in [5.41, 5.74) is 7.35. The van der Waals surface area contributed by atoms with E-state index in [-0.39, 0.29) is 0 Å². The highest BCUT2D eigenvalue weighted by molar-refractivity contribution is 5.59. The van der Waals surface area contributed by atoms with Crippen LogP contribution in [0.3, 0.4) is 0 Å². The molecule has 0 radical (unpaired) electrons. The minimum atomic E-state index is 0.451. The van der Waals surface area contributed by atoms with E-state index < -0.39 is 0 Å². The third-order valence-electron chi connectivity index (χ3n) is 8.65. The zero-order valence-corrected chi connectivity index (χ0v) is 19.6. The van der Waals surface area contributed by atoms with E-state index in [2.05, 4.69) is 64.4 Å². The van der Waals surface area contributed by atoms with Crippen molar-refractivity contribution < 1.29 is 0 Å². The normalized spacial score (nSPS) is 29.8.